The first-order chi connectivity index (χ1) is 15.9. The molecule has 8 heteroatoms. The molecule has 4 aromatic rings. The fourth-order valence-electron chi connectivity index (χ4n) is 5.25. The van der Waals surface area contributed by atoms with Crippen molar-refractivity contribution in [3.8, 4) is 5.69 Å². The van der Waals surface area contributed by atoms with Gasteiger partial charge < -0.3 is 5.32 Å². The molecule has 1 N–H and O–H groups in total. The summed E-state index contributed by atoms with van der Waals surface area (Å²) in [5.41, 5.74) is 3.58. The average Bonchev–Trinajstić information content (AvgIpc) is 3.49. The molecule has 0 aliphatic heterocycles. The predicted molar refractivity (Wildman–Crippen MR) is 128 cm³/mol. The van der Waals surface area contributed by atoms with E-state index in [1.54, 1.807) is 17.6 Å². The number of hydrogen-bond donors (Lipinski definition) is 1. The first-order valence-electron chi connectivity index (χ1n) is 11.2. The van der Waals surface area contributed by atoms with Crippen molar-refractivity contribution in [3.05, 3.63) is 65.6 Å². The number of carbonyl (C=O) groups is 1. The number of rotatable bonds is 5. The van der Waals surface area contributed by atoms with Gasteiger partial charge in [0.05, 0.1) is 22.8 Å². The second-order valence-corrected chi connectivity index (χ2v) is 10.1. The van der Waals surface area contributed by atoms with Crippen LogP contribution in [0.1, 0.15) is 51.5 Å². The lowest BCUT2D eigenvalue weighted by Gasteiger charge is -2.48. The molecule has 0 unspecified atom stereocenters. The van der Waals surface area contributed by atoms with E-state index < -0.39 is 5.41 Å². The summed E-state index contributed by atoms with van der Waals surface area (Å²) in [4.78, 5) is 13.5. The van der Waals surface area contributed by atoms with Gasteiger partial charge in [-0.15, -0.1) is 10.2 Å². The van der Waals surface area contributed by atoms with Crippen LogP contribution < -0.4 is 5.32 Å². The third-order valence-electron chi connectivity index (χ3n) is 7.24. The highest BCUT2D eigenvalue weighted by atomic mass is 32.1. The molecule has 1 amide bonds. The van der Waals surface area contributed by atoms with Crippen LogP contribution in [0.25, 0.3) is 16.6 Å². The molecule has 2 heterocycles. The van der Waals surface area contributed by atoms with Gasteiger partial charge in [0.2, 0.25) is 11.0 Å². The fourth-order valence-corrected chi connectivity index (χ4v) is 5.69. The summed E-state index contributed by atoms with van der Waals surface area (Å²) in [6.07, 6.45) is 7.08. The molecule has 6 nitrogen and oxygen atoms in total. The van der Waals surface area contributed by atoms with E-state index in [0.717, 1.165) is 47.8 Å². The van der Waals surface area contributed by atoms with E-state index in [9.17, 15) is 9.18 Å². The van der Waals surface area contributed by atoms with Crippen LogP contribution in [0.4, 0.5) is 9.52 Å². The molecule has 1 saturated carbocycles. The number of anilines is 1. The monoisotopic (exact) mass is 463 g/mol. The van der Waals surface area contributed by atoms with Gasteiger partial charge in [0, 0.05) is 10.8 Å². The number of nitrogens with one attached hydrogen (secondary N) is 1. The summed E-state index contributed by atoms with van der Waals surface area (Å²) in [6.45, 7) is 4.08. The van der Waals surface area contributed by atoms with Crippen LogP contribution in [-0.4, -0.2) is 25.9 Å². The quantitative estimate of drug-likeness (QED) is 0.401. The lowest BCUT2D eigenvalue weighted by atomic mass is 9.55. The average molecular weight is 464 g/mol. The molecule has 0 saturated heterocycles. The summed E-state index contributed by atoms with van der Waals surface area (Å²) < 4.78 is 15.2. The molecule has 0 spiro atoms. The van der Waals surface area contributed by atoms with Gasteiger partial charge in [0.1, 0.15) is 11.3 Å². The van der Waals surface area contributed by atoms with Crippen LogP contribution >= 0.6 is 11.3 Å². The molecular weight excluding hydrogens is 437 g/mol. The van der Waals surface area contributed by atoms with E-state index in [0.29, 0.717) is 5.13 Å². The van der Waals surface area contributed by atoms with Gasteiger partial charge in [0.15, 0.2) is 0 Å². The minimum absolute atomic E-state index is 0.0387. The number of aromatic nitrogens is 4. The van der Waals surface area contributed by atoms with E-state index >= 15 is 0 Å². The van der Waals surface area contributed by atoms with Crippen molar-refractivity contribution >= 4 is 33.3 Å². The predicted octanol–water partition coefficient (Wildman–Crippen LogP) is 5.88. The second kappa shape index (κ2) is 8.33. The van der Waals surface area contributed by atoms with Crippen molar-refractivity contribution in [2.75, 3.05) is 5.32 Å². The summed E-state index contributed by atoms with van der Waals surface area (Å²) in [5, 5.41) is 16.9. The lowest BCUT2D eigenvalue weighted by Crippen LogP contribution is -2.50. The third kappa shape index (κ3) is 3.72. The maximum atomic E-state index is 13.5. The fraction of sp³-hybridized carbons (Fsp3) is 0.360. The Bertz CT molecular complexity index is 1270. The summed E-state index contributed by atoms with van der Waals surface area (Å²) in [5.74, 6) is -0.311. The van der Waals surface area contributed by atoms with Crippen LogP contribution in [-0.2, 0) is 10.2 Å². The van der Waals surface area contributed by atoms with Gasteiger partial charge >= 0.3 is 0 Å². The Morgan fingerprint density at radius 1 is 1.12 bits per heavy atom. The number of carbonyl (C=O) groups excluding carboxylic acids is 1. The minimum atomic E-state index is -0.653. The van der Waals surface area contributed by atoms with Crippen molar-refractivity contribution < 1.29 is 9.18 Å². The maximum absolute atomic E-state index is 13.5. The molecule has 5 rings (SSSR count). The summed E-state index contributed by atoms with van der Waals surface area (Å²) >= 11 is 1.32. The van der Waals surface area contributed by atoms with Crippen LogP contribution in [0.3, 0.4) is 0 Å². The van der Waals surface area contributed by atoms with Gasteiger partial charge in [-0.05, 0) is 54.8 Å². The topological polar surface area (TPSA) is 72.7 Å². The highest BCUT2D eigenvalue weighted by Crippen LogP contribution is 2.52. The molecule has 1 fully saturated rings. The zero-order valence-electron chi connectivity index (χ0n) is 18.7. The number of halogens is 1. The van der Waals surface area contributed by atoms with Crippen LogP contribution in [0, 0.1) is 11.2 Å². The van der Waals surface area contributed by atoms with Crippen molar-refractivity contribution in [1.82, 2.24) is 20.0 Å². The largest absolute Gasteiger partial charge is 0.300 e. The molecule has 1 aliphatic carbocycles. The third-order valence-corrected chi connectivity index (χ3v) is 7.85. The maximum Gasteiger partial charge on any atom is 0.232 e. The second-order valence-electron chi connectivity index (χ2n) is 9.27. The zero-order chi connectivity index (χ0) is 23.1. The standard InChI is InChI=1S/C25H26FN5OS/c1-24(2,22(32)29-23-30-27-16-33-23)25(12-4-3-5-13-25)18-6-11-21-17(14-18)15-28-31(21)20-9-7-19(26)8-10-20/h6-11,14-16H,3-5,12-13H2,1-2H3,(H,29,30,32). The van der Waals surface area contributed by atoms with E-state index in [4.69, 9.17) is 0 Å². The molecule has 33 heavy (non-hydrogen) atoms. The van der Waals surface area contributed by atoms with E-state index in [2.05, 4.69) is 38.8 Å². The molecule has 1 aliphatic rings. The van der Waals surface area contributed by atoms with Crippen molar-refractivity contribution in [2.24, 2.45) is 5.41 Å². The van der Waals surface area contributed by atoms with Gasteiger partial charge in [-0.1, -0.05) is 50.5 Å². The van der Waals surface area contributed by atoms with Crippen molar-refractivity contribution in [2.45, 2.75) is 51.4 Å². The highest BCUT2D eigenvalue weighted by Gasteiger charge is 2.51. The Morgan fingerprint density at radius 2 is 1.88 bits per heavy atom. The number of hydrogen-bond acceptors (Lipinski definition) is 5. The molecule has 170 valence electrons. The first kappa shape index (κ1) is 21.7. The van der Waals surface area contributed by atoms with Crippen LogP contribution in [0.2, 0.25) is 0 Å². The summed E-state index contributed by atoms with van der Waals surface area (Å²) in [7, 11) is 0. The molecule has 0 radical (unpaired) electrons. The smallest absolute Gasteiger partial charge is 0.232 e. The zero-order valence-corrected chi connectivity index (χ0v) is 19.5. The Kier molecular flexibility index (Phi) is 5.48. The van der Waals surface area contributed by atoms with Gasteiger partial charge in [-0.25, -0.2) is 9.07 Å². The van der Waals surface area contributed by atoms with Crippen molar-refractivity contribution in [3.63, 3.8) is 0 Å². The Labute approximate surface area is 195 Å². The van der Waals surface area contributed by atoms with E-state index in [1.807, 2.05) is 24.7 Å². The number of nitrogens with zero attached hydrogens (tertiary/aromatic N) is 4. The Hall–Kier alpha value is -3.13. The molecule has 0 atom stereocenters. The normalized spacial score (nSPS) is 16.1. The van der Waals surface area contributed by atoms with E-state index in [1.165, 1.54) is 29.9 Å². The Morgan fingerprint density at radius 3 is 2.58 bits per heavy atom. The van der Waals surface area contributed by atoms with Gasteiger partial charge in [-0.2, -0.15) is 5.10 Å². The number of benzene rings is 2. The van der Waals surface area contributed by atoms with Crippen LogP contribution in [0.5, 0.6) is 0 Å². The first-order valence-corrected chi connectivity index (χ1v) is 12.1. The van der Waals surface area contributed by atoms with E-state index in [-0.39, 0.29) is 17.1 Å². The van der Waals surface area contributed by atoms with Gasteiger partial charge in [0.25, 0.3) is 0 Å². The summed E-state index contributed by atoms with van der Waals surface area (Å²) in [6, 6.07) is 12.7. The molecule has 0 bridgehead atoms. The van der Waals surface area contributed by atoms with Crippen LogP contribution in [0.15, 0.2) is 54.2 Å². The molecule has 2 aromatic carbocycles. The minimum Gasteiger partial charge on any atom is -0.300 e. The van der Waals surface area contributed by atoms with Crippen molar-refractivity contribution in [1.29, 1.82) is 0 Å². The highest BCUT2D eigenvalue weighted by molar-refractivity contribution is 7.13. The lowest BCUT2D eigenvalue weighted by molar-refractivity contribution is -0.128. The van der Waals surface area contributed by atoms with Gasteiger partial charge in [-0.3, -0.25) is 4.79 Å². The molecular formula is C25H26FN5OS. The number of fused-ring (bicyclic) bond motifs is 1. The molecule has 2 aromatic heterocycles. The number of amides is 1. The Balaban J connectivity index is 1.55. The SMILES string of the molecule is CC(C)(C(=O)Nc1nncs1)C1(c2ccc3c(cnn3-c3ccc(F)cc3)c2)CCCCC1.